The number of aliphatic carboxylic acids is 1. The molecule has 0 unspecified atom stereocenters. The molecule has 2 rings (SSSR count). The fourth-order valence-corrected chi connectivity index (χ4v) is 3.82. The van der Waals surface area contributed by atoms with Crippen LogP contribution in [-0.4, -0.2) is 54.4 Å². The number of benzene rings is 1. The number of carboxylic acid groups (broad SMARTS) is 1. The summed E-state index contributed by atoms with van der Waals surface area (Å²) in [6.45, 7) is -0.783. The van der Waals surface area contributed by atoms with E-state index in [0.29, 0.717) is 5.56 Å². The first-order valence-corrected chi connectivity index (χ1v) is 10.5. The molecule has 156 valence electrons. The van der Waals surface area contributed by atoms with Gasteiger partial charge in [-0.2, -0.15) is 13.2 Å². The lowest BCUT2D eigenvalue weighted by Crippen LogP contribution is -2.27. The average Bonchev–Trinajstić information content (AvgIpc) is 3.09. The van der Waals surface area contributed by atoms with Crippen LogP contribution >= 0.6 is 22.9 Å². The van der Waals surface area contributed by atoms with E-state index in [1.807, 2.05) is 0 Å². The molecule has 0 radical (unpaired) electrons. The first-order valence-electron chi connectivity index (χ1n) is 7.46. The van der Waals surface area contributed by atoms with Crippen LogP contribution in [0.5, 0.6) is 0 Å². The van der Waals surface area contributed by atoms with Crippen LogP contribution in [0.15, 0.2) is 34.2 Å². The highest BCUT2D eigenvalue weighted by Crippen LogP contribution is 2.32. The minimum absolute atomic E-state index is 0.00315. The second kappa shape index (κ2) is 8.47. The topological polar surface area (TPSA) is 133 Å². The molecule has 0 aliphatic carbocycles. The van der Waals surface area contributed by atoms with Gasteiger partial charge in [0.2, 0.25) is 0 Å². The second-order valence-corrected chi connectivity index (χ2v) is 8.89. The highest BCUT2D eigenvalue weighted by molar-refractivity contribution is 7.90. The van der Waals surface area contributed by atoms with Crippen LogP contribution in [-0.2, 0) is 14.6 Å². The van der Waals surface area contributed by atoms with Crippen molar-refractivity contribution in [2.75, 3.05) is 12.8 Å². The zero-order chi connectivity index (χ0) is 22.0. The summed E-state index contributed by atoms with van der Waals surface area (Å²) in [6, 6.07) is 5.65. The lowest BCUT2D eigenvalue weighted by molar-refractivity contribution is -0.135. The standard InChI is InChI=1S/C15H12ClF3N4O4S2/c1-29(26,27)8-4-2-3-7(5-8)13-22-23-14(28-13)11(21-6-9(24)25)10(16)12(20)15(17,18)19/h2-5,20-21H,6H2,1H3,(H,24,25)/b11-10+,20-12?. The summed E-state index contributed by atoms with van der Waals surface area (Å²) in [5.41, 5.74) is -2.08. The van der Waals surface area contributed by atoms with Gasteiger partial charge in [0, 0.05) is 11.8 Å². The van der Waals surface area contributed by atoms with Gasteiger partial charge in [0.1, 0.15) is 11.6 Å². The molecular weight excluding hydrogens is 457 g/mol. The fraction of sp³-hybridized carbons (Fsp3) is 0.200. The van der Waals surface area contributed by atoms with Crippen molar-refractivity contribution in [1.82, 2.24) is 15.5 Å². The largest absolute Gasteiger partial charge is 0.480 e. The third kappa shape index (κ3) is 5.74. The van der Waals surface area contributed by atoms with Crippen molar-refractivity contribution in [1.29, 1.82) is 5.41 Å². The summed E-state index contributed by atoms with van der Waals surface area (Å²) >= 11 is 6.42. The van der Waals surface area contributed by atoms with Crippen molar-refractivity contribution in [2.24, 2.45) is 0 Å². The number of carbonyl (C=O) groups is 1. The highest BCUT2D eigenvalue weighted by Gasteiger charge is 2.38. The van der Waals surface area contributed by atoms with Gasteiger partial charge in [-0.1, -0.05) is 35.1 Å². The predicted molar refractivity (Wildman–Crippen MR) is 101 cm³/mol. The van der Waals surface area contributed by atoms with Gasteiger partial charge in [-0.05, 0) is 12.1 Å². The lowest BCUT2D eigenvalue weighted by atomic mass is 10.2. The van der Waals surface area contributed by atoms with E-state index in [1.54, 1.807) is 0 Å². The number of allylic oxidation sites excluding steroid dienone is 1. The Morgan fingerprint density at radius 3 is 2.55 bits per heavy atom. The molecule has 0 bridgehead atoms. The van der Waals surface area contributed by atoms with Crippen molar-refractivity contribution in [3.8, 4) is 10.6 Å². The van der Waals surface area contributed by atoms with Crippen molar-refractivity contribution < 1.29 is 31.5 Å². The Balaban J connectivity index is 2.52. The third-order valence-electron chi connectivity index (χ3n) is 3.29. The predicted octanol–water partition coefficient (Wildman–Crippen LogP) is 2.77. The highest BCUT2D eigenvalue weighted by atomic mass is 35.5. The molecule has 2 aromatic rings. The maximum Gasteiger partial charge on any atom is 0.434 e. The SMILES string of the molecule is CS(=O)(=O)c1cccc(-c2nnc(/C(NCC(=O)O)=C(\Cl)C(=N)C(F)(F)F)s2)c1. The summed E-state index contributed by atoms with van der Waals surface area (Å²) in [7, 11) is -3.51. The number of nitrogens with zero attached hydrogens (tertiary/aromatic N) is 2. The van der Waals surface area contributed by atoms with Gasteiger partial charge in [-0.3, -0.25) is 10.2 Å². The molecule has 0 fully saturated rings. The molecule has 0 atom stereocenters. The molecule has 29 heavy (non-hydrogen) atoms. The van der Waals surface area contributed by atoms with E-state index < -0.39 is 45.0 Å². The van der Waals surface area contributed by atoms with E-state index in [1.165, 1.54) is 24.3 Å². The van der Waals surface area contributed by atoms with Gasteiger partial charge in [0.15, 0.2) is 20.6 Å². The van der Waals surface area contributed by atoms with Crippen LogP contribution in [0.2, 0.25) is 0 Å². The van der Waals surface area contributed by atoms with Gasteiger partial charge in [-0.15, -0.1) is 10.2 Å². The van der Waals surface area contributed by atoms with Crippen LogP contribution < -0.4 is 5.32 Å². The van der Waals surface area contributed by atoms with Gasteiger partial charge in [-0.25, -0.2) is 8.42 Å². The van der Waals surface area contributed by atoms with E-state index in [0.717, 1.165) is 17.6 Å². The number of sulfone groups is 1. The number of hydrogen-bond acceptors (Lipinski definition) is 8. The van der Waals surface area contributed by atoms with E-state index in [9.17, 15) is 26.4 Å². The molecule has 1 heterocycles. The Labute approximate surface area is 171 Å². The summed E-state index contributed by atoms with van der Waals surface area (Å²) in [6.07, 6.45) is -4.05. The molecule has 1 aromatic heterocycles. The maximum absolute atomic E-state index is 12.8. The first-order chi connectivity index (χ1) is 13.3. The van der Waals surface area contributed by atoms with Crippen LogP contribution in [0.1, 0.15) is 5.01 Å². The van der Waals surface area contributed by atoms with E-state index in [4.69, 9.17) is 22.1 Å². The van der Waals surface area contributed by atoms with Crippen LogP contribution in [0, 0.1) is 5.41 Å². The van der Waals surface area contributed by atoms with Crippen LogP contribution in [0.3, 0.4) is 0 Å². The molecule has 1 aromatic carbocycles. The number of aromatic nitrogens is 2. The third-order valence-corrected chi connectivity index (χ3v) is 5.76. The number of carboxylic acids is 1. The number of hydrogen-bond donors (Lipinski definition) is 3. The normalized spacial score (nSPS) is 13.0. The summed E-state index contributed by atoms with van der Waals surface area (Å²) in [4.78, 5) is 10.8. The fourth-order valence-electron chi connectivity index (χ4n) is 1.96. The molecule has 0 amide bonds. The van der Waals surface area contributed by atoms with Crippen LogP contribution in [0.25, 0.3) is 16.3 Å². The monoisotopic (exact) mass is 468 g/mol. The van der Waals surface area contributed by atoms with Crippen molar-refractivity contribution in [2.45, 2.75) is 11.1 Å². The molecular formula is C15H12ClF3N4O4S2. The zero-order valence-electron chi connectivity index (χ0n) is 14.4. The van der Waals surface area contributed by atoms with Gasteiger partial charge in [0.05, 0.1) is 15.6 Å². The smallest absolute Gasteiger partial charge is 0.434 e. The number of alkyl halides is 3. The number of nitrogens with one attached hydrogen (secondary N) is 2. The Morgan fingerprint density at radius 2 is 2.00 bits per heavy atom. The molecule has 3 N–H and O–H groups in total. The molecule has 8 nitrogen and oxygen atoms in total. The number of rotatable bonds is 7. The molecule has 0 spiro atoms. The molecule has 0 aliphatic heterocycles. The molecule has 0 saturated carbocycles. The van der Waals surface area contributed by atoms with Crippen molar-refractivity contribution in [3.63, 3.8) is 0 Å². The molecule has 0 aliphatic rings. The Kier molecular flexibility index (Phi) is 6.65. The summed E-state index contributed by atoms with van der Waals surface area (Å²) in [5.74, 6) is -1.38. The quantitative estimate of drug-likeness (QED) is 0.532. The number of halogens is 4. The first kappa shape index (κ1) is 22.8. The average molecular weight is 469 g/mol. The summed E-state index contributed by atoms with van der Waals surface area (Å²) < 4.78 is 61.8. The van der Waals surface area contributed by atoms with E-state index in [2.05, 4.69) is 15.5 Å². The molecule has 0 saturated heterocycles. The van der Waals surface area contributed by atoms with Gasteiger partial charge < -0.3 is 10.4 Å². The summed E-state index contributed by atoms with van der Waals surface area (Å²) in [5, 5.41) is 24.5. The molecule has 14 heteroatoms. The van der Waals surface area contributed by atoms with E-state index >= 15 is 0 Å². The van der Waals surface area contributed by atoms with Crippen molar-refractivity contribution in [3.05, 3.63) is 34.3 Å². The maximum atomic E-state index is 12.8. The second-order valence-electron chi connectivity index (χ2n) is 5.52. The Morgan fingerprint density at radius 1 is 1.34 bits per heavy atom. The van der Waals surface area contributed by atoms with Gasteiger partial charge in [0.25, 0.3) is 0 Å². The van der Waals surface area contributed by atoms with Crippen LogP contribution in [0.4, 0.5) is 13.2 Å². The minimum atomic E-state index is -5.06. The van der Waals surface area contributed by atoms with E-state index in [-0.39, 0.29) is 14.9 Å². The van der Waals surface area contributed by atoms with Gasteiger partial charge >= 0.3 is 12.1 Å². The Hall–Kier alpha value is -2.51. The van der Waals surface area contributed by atoms with Crippen molar-refractivity contribution >= 4 is 50.2 Å². The minimum Gasteiger partial charge on any atom is -0.480 e. The zero-order valence-corrected chi connectivity index (χ0v) is 16.8. The lowest BCUT2D eigenvalue weighted by Gasteiger charge is -2.12. The Bertz CT molecular complexity index is 1100.